The standard InChI is InChI=1S/C17H17N5OS/c18-11-21-6-5-14(8-21)16(23)20-17-19-7-15(24-17)22-9-12-3-1-2-4-13(12)10-22/h1-4,7,14H,5-6,8-10H2,(H,19,20,23)/t14-/m0/s1. The van der Waals surface area contributed by atoms with Crippen LogP contribution < -0.4 is 10.2 Å². The third kappa shape index (κ3) is 2.81. The van der Waals surface area contributed by atoms with Crippen molar-refractivity contribution in [2.75, 3.05) is 23.3 Å². The van der Waals surface area contributed by atoms with Crippen LogP contribution in [0, 0.1) is 17.4 Å². The first-order valence-corrected chi connectivity index (χ1v) is 8.77. The summed E-state index contributed by atoms with van der Waals surface area (Å²) in [5.74, 6) is -0.175. The molecule has 2 aliphatic rings. The van der Waals surface area contributed by atoms with E-state index in [-0.39, 0.29) is 11.8 Å². The number of hydrogen-bond donors (Lipinski definition) is 1. The molecule has 1 amide bonds. The van der Waals surface area contributed by atoms with Gasteiger partial charge < -0.3 is 15.1 Å². The Morgan fingerprint density at radius 2 is 2.08 bits per heavy atom. The lowest BCUT2D eigenvalue weighted by molar-refractivity contribution is -0.119. The highest BCUT2D eigenvalue weighted by Gasteiger charge is 2.28. The Balaban J connectivity index is 1.39. The van der Waals surface area contributed by atoms with Crippen LogP contribution in [-0.2, 0) is 17.9 Å². The van der Waals surface area contributed by atoms with Crippen LogP contribution in [0.1, 0.15) is 17.5 Å². The number of benzene rings is 1. The summed E-state index contributed by atoms with van der Waals surface area (Å²) in [6, 6.07) is 8.43. The van der Waals surface area contributed by atoms with E-state index in [1.807, 2.05) is 6.20 Å². The SMILES string of the molecule is N#CN1CC[C@H](C(=O)Nc2ncc(N3Cc4ccccc4C3)s2)C1. The second kappa shape index (κ2) is 6.13. The monoisotopic (exact) mass is 339 g/mol. The van der Waals surface area contributed by atoms with Crippen LogP contribution in [-0.4, -0.2) is 28.9 Å². The molecular weight excluding hydrogens is 322 g/mol. The molecule has 4 rings (SSSR count). The minimum Gasteiger partial charge on any atom is -0.353 e. The largest absolute Gasteiger partial charge is 0.353 e. The van der Waals surface area contributed by atoms with Gasteiger partial charge in [-0.15, -0.1) is 0 Å². The average molecular weight is 339 g/mol. The van der Waals surface area contributed by atoms with Crippen molar-refractivity contribution in [2.45, 2.75) is 19.5 Å². The lowest BCUT2D eigenvalue weighted by Gasteiger charge is -2.13. The topological polar surface area (TPSA) is 72.3 Å². The molecule has 3 heterocycles. The van der Waals surface area contributed by atoms with Crippen molar-refractivity contribution in [3.05, 3.63) is 41.6 Å². The van der Waals surface area contributed by atoms with Gasteiger partial charge in [-0.1, -0.05) is 35.6 Å². The number of nitriles is 1. The van der Waals surface area contributed by atoms with Gasteiger partial charge >= 0.3 is 0 Å². The normalized spacial score (nSPS) is 19.2. The number of thiazole rings is 1. The minimum absolute atomic E-state index is 0.0432. The van der Waals surface area contributed by atoms with E-state index in [1.165, 1.54) is 22.5 Å². The molecule has 1 aromatic carbocycles. The molecule has 0 radical (unpaired) electrons. The van der Waals surface area contributed by atoms with Gasteiger partial charge in [0.25, 0.3) is 0 Å². The van der Waals surface area contributed by atoms with Crippen LogP contribution in [0.3, 0.4) is 0 Å². The number of carbonyl (C=O) groups excluding carboxylic acids is 1. The lowest BCUT2D eigenvalue weighted by atomic mass is 10.1. The highest BCUT2D eigenvalue weighted by atomic mass is 32.1. The molecule has 122 valence electrons. The molecule has 1 N–H and O–H groups in total. The molecule has 24 heavy (non-hydrogen) atoms. The van der Waals surface area contributed by atoms with Gasteiger partial charge in [-0.2, -0.15) is 5.26 Å². The Hall–Kier alpha value is -2.59. The number of amides is 1. The molecule has 2 aliphatic heterocycles. The fraction of sp³-hybridized carbons (Fsp3) is 0.353. The molecular formula is C17H17N5OS. The first-order valence-electron chi connectivity index (χ1n) is 7.96. The van der Waals surface area contributed by atoms with Crippen molar-refractivity contribution in [2.24, 2.45) is 5.92 Å². The number of nitrogens with one attached hydrogen (secondary N) is 1. The number of nitrogens with zero attached hydrogens (tertiary/aromatic N) is 4. The Labute approximate surface area is 144 Å². The van der Waals surface area contributed by atoms with E-state index in [0.717, 1.165) is 24.5 Å². The molecule has 0 bridgehead atoms. The fourth-order valence-corrected chi connectivity index (χ4v) is 4.05. The molecule has 2 aromatic rings. The van der Waals surface area contributed by atoms with Crippen LogP contribution in [0.15, 0.2) is 30.5 Å². The molecule has 1 fully saturated rings. The van der Waals surface area contributed by atoms with Crippen LogP contribution >= 0.6 is 11.3 Å². The number of rotatable bonds is 3. The maximum Gasteiger partial charge on any atom is 0.231 e. The predicted octanol–water partition coefficient (Wildman–Crippen LogP) is 2.40. The van der Waals surface area contributed by atoms with Crippen molar-refractivity contribution in [3.8, 4) is 6.19 Å². The molecule has 1 saturated heterocycles. The zero-order valence-electron chi connectivity index (χ0n) is 13.1. The van der Waals surface area contributed by atoms with Gasteiger partial charge in [0.05, 0.1) is 12.1 Å². The summed E-state index contributed by atoms with van der Waals surface area (Å²) in [6.45, 7) is 2.92. The first-order chi connectivity index (χ1) is 11.7. The maximum atomic E-state index is 12.3. The molecule has 1 atom stereocenters. The molecule has 0 spiro atoms. The zero-order chi connectivity index (χ0) is 16.5. The van der Waals surface area contributed by atoms with Crippen LogP contribution in [0.4, 0.5) is 10.1 Å². The summed E-state index contributed by atoms with van der Waals surface area (Å²) in [7, 11) is 0. The smallest absolute Gasteiger partial charge is 0.231 e. The Morgan fingerprint density at radius 3 is 2.75 bits per heavy atom. The molecule has 0 saturated carbocycles. The molecule has 0 unspecified atom stereocenters. The van der Waals surface area contributed by atoms with E-state index in [1.54, 1.807) is 4.90 Å². The molecule has 1 aromatic heterocycles. The molecule has 7 heteroatoms. The van der Waals surface area contributed by atoms with Gasteiger partial charge in [0.1, 0.15) is 5.00 Å². The van der Waals surface area contributed by atoms with Crippen molar-refractivity contribution in [1.29, 1.82) is 5.26 Å². The third-order valence-corrected chi connectivity index (χ3v) is 5.55. The summed E-state index contributed by atoms with van der Waals surface area (Å²) >= 11 is 1.50. The molecule has 0 aliphatic carbocycles. The van der Waals surface area contributed by atoms with Crippen LogP contribution in [0.2, 0.25) is 0 Å². The summed E-state index contributed by atoms with van der Waals surface area (Å²) < 4.78 is 0. The highest BCUT2D eigenvalue weighted by Crippen LogP contribution is 2.34. The van der Waals surface area contributed by atoms with Gasteiger partial charge in [-0.05, 0) is 17.5 Å². The Bertz CT molecular complexity index is 786. The zero-order valence-corrected chi connectivity index (χ0v) is 13.9. The summed E-state index contributed by atoms with van der Waals surface area (Å²) in [4.78, 5) is 20.5. The van der Waals surface area contributed by atoms with E-state index in [0.29, 0.717) is 18.2 Å². The van der Waals surface area contributed by atoms with Gasteiger partial charge in [-0.3, -0.25) is 4.79 Å². The Morgan fingerprint density at radius 1 is 1.33 bits per heavy atom. The average Bonchev–Trinajstić information content (AvgIpc) is 3.32. The van der Waals surface area contributed by atoms with E-state index < -0.39 is 0 Å². The van der Waals surface area contributed by atoms with E-state index >= 15 is 0 Å². The number of fused-ring (bicyclic) bond motifs is 1. The number of likely N-dealkylation sites (tertiary alicyclic amines) is 1. The molecule has 6 nitrogen and oxygen atoms in total. The van der Waals surface area contributed by atoms with Crippen molar-refractivity contribution in [1.82, 2.24) is 9.88 Å². The van der Waals surface area contributed by atoms with Crippen molar-refractivity contribution in [3.63, 3.8) is 0 Å². The van der Waals surface area contributed by atoms with E-state index in [4.69, 9.17) is 5.26 Å². The maximum absolute atomic E-state index is 12.3. The summed E-state index contributed by atoms with van der Waals surface area (Å²) in [5, 5.41) is 13.5. The number of anilines is 2. The van der Waals surface area contributed by atoms with Gasteiger partial charge in [-0.25, -0.2) is 4.98 Å². The number of hydrogen-bond acceptors (Lipinski definition) is 6. The summed E-state index contributed by atoms with van der Waals surface area (Å²) in [5.41, 5.74) is 2.69. The Kier molecular flexibility index (Phi) is 3.82. The number of aromatic nitrogens is 1. The van der Waals surface area contributed by atoms with Crippen molar-refractivity contribution < 1.29 is 4.79 Å². The second-order valence-corrected chi connectivity index (χ2v) is 7.16. The lowest BCUT2D eigenvalue weighted by Crippen LogP contribution is -2.25. The van der Waals surface area contributed by atoms with Crippen molar-refractivity contribution >= 4 is 27.4 Å². The predicted molar refractivity (Wildman–Crippen MR) is 92.4 cm³/mol. The third-order valence-electron chi connectivity index (χ3n) is 4.58. The first kappa shape index (κ1) is 15.0. The number of carbonyl (C=O) groups is 1. The van der Waals surface area contributed by atoms with Gasteiger partial charge in [0, 0.05) is 26.2 Å². The fourth-order valence-electron chi connectivity index (χ4n) is 3.23. The quantitative estimate of drug-likeness (QED) is 0.870. The van der Waals surface area contributed by atoms with Gasteiger partial charge in [0.2, 0.25) is 5.91 Å². The van der Waals surface area contributed by atoms with E-state index in [2.05, 4.69) is 45.7 Å². The van der Waals surface area contributed by atoms with Crippen LogP contribution in [0.5, 0.6) is 0 Å². The highest BCUT2D eigenvalue weighted by molar-refractivity contribution is 7.19. The second-order valence-electron chi connectivity index (χ2n) is 6.15. The van der Waals surface area contributed by atoms with Gasteiger partial charge in [0.15, 0.2) is 11.3 Å². The van der Waals surface area contributed by atoms with Crippen LogP contribution in [0.25, 0.3) is 0 Å². The summed E-state index contributed by atoms with van der Waals surface area (Å²) in [6.07, 6.45) is 4.64. The van der Waals surface area contributed by atoms with E-state index in [9.17, 15) is 4.79 Å². The minimum atomic E-state index is -0.131.